The molecule has 0 saturated carbocycles. The third kappa shape index (κ3) is 1.22. The highest BCUT2D eigenvalue weighted by Crippen LogP contribution is 2.21. The Kier molecular flexibility index (Phi) is 2.07. The Balaban J connectivity index is 2.90. The fourth-order valence-corrected chi connectivity index (χ4v) is 2.12. The first kappa shape index (κ1) is 9.26. The Morgan fingerprint density at radius 2 is 2.21 bits per heavy atom. The van der Waals surface area contributed by atoms with E-state index in [1.165, 1.54) is 0 Å². The lowest BCUT2D eigenvalue weighted by Gasteiger charge is -1.95. The van der Waals surface area contributed by atoms with E-state index >= 15 is 0 Å². The van der Waals surface area contributed by atoms with Gasteiger partial charge in [-0.3, -0.25) is 4.57 Å². The van der Waals surface area contributed by atoms with Gasteiger partial charge in [-0.05, 0) is 6.26 Å². The zero-order valence-electron chi connectivity index (χ0n) is 8.35. The fourth-order valence-electron chi connectivity index (χ4n) is 1.51. The molecule has 0 aliphatic heterocycles. The molecule has 74 valence electrons. The molecule has 0 unspecified atom stereocenters. The number of hydrogen-bond acceptors (Lipinski definition) is 4. The third-order valence-electron chi connectivity index (χ3n) is 2.08. The molecule has 0 radical (unpaired) electrons. The summed E-state index contributed by atoms with van der Waals surface area (Å²) < 4.78 is 3.94. The van der Waals surface area contributed by atoms with Gasteiger partial charge in [-0.25, -0.2) is 4.57 Å². The highest BCUT2D eigenvalue weighted by molar-refractivity contribution is 7.98. The molecule has 2 aromatic heterocycles. The van der Waals surface area contributed by atoms with Gasteiger partial charge in [0.25, 0.3) is 5.95 Å². The van der Waals surface area contributed by atoms with E-state index in [1.807, 2.05) is 35.8 Å². The summed E-state index contributed by atoms with van der Waals surface area (Å²) in [4.78, 5) is 8.39. The predicted molar refractivity (Wildman–Crippen MR) is 55.9 cm³/mol. The van der Waals surface area contributed by atoms with E-state index in [4.69, 9.17) is 5.73 Å². The van der Waals surface area contributed by atoms with Crippen molar-refractivity contribution in [1.82, 2.24) is 14.5 Å². The van der Waals surface area contributed by atoms with Gasteiger partial charge in [0.15, 0.2) is 6.33 Å². The number of nitrogens with two attached hydrogens (primary N) is 1. The molecule has 0 spiro atoms. The molecule has 0 amide bonds. The van der Waals surface area contributed by atoms with Crippen molar-refractivity contribution in [3.8, 4) is 0 Å². The molecule has 14 heavy (non-hydrogen) atoms. The van der Waals surface area contributed by atoms with Gasteiger partial charge in [0.2, 0.25) is 5.52 Å². The maximum absolute atomic E-state index is 5.62. The maximum Gasteiger partial charge on any atom is 0.308 e. The van der Waals surface area contributed by atoms with Gasteiger partial charge in [0.1, 0.15) is 5.03 Å². The van der Waals surface area contributed by atoms with Gasteiger partial charge in [-0.2, -0.15) is 4.98 Å². The minimum Gasteiger partial charge on any atom is -0.354 e. The molecule has 2 aromatic rings. The summed E-state index contributed by atoms with van der Waals surface area (Å²) >= 11 is 1.57. The SMILES string of the molecule is CSc1nc(N)nc2c1n(C)c[n+]2C. The highest BCUT2D eigenvalue weighted by atomic mass is 32.2. The topological polar surface area (TPSA) is 60.6 Å². The largest absolute Gasteiger partial charge is 0.354 e. The fraction of sp³-hybridized carbons (Fsp3) is 0.375. The lowest BCUT2D eigenvalue weighted by molar-refractivity contribution is -0.647. The van der Waals surface area contributed by atoms with Gasteiger partial charge < -0.3 is 5.73 Å². The first-order chi connectivity index (χ1) is 6.63. The highest BCUT2D eigenvalue weighted by Gasteiger charge is 2.18. The third-order valence-corrected chi connectivity index (χ3v) is 2.75. The van der Waals surface area contributed by atoms with E-state index in [0.717, 1.165) is 16.2 Å². The predicted octanol–water partition coefficient (Wildman–Crippen LogP) is 0.0969. The number of hydrogen-bond donors (Lipinski definition) is 1. The van der Waals surface area contributed by atoms with E-state index < -0.39 is 0 Å². The molecule has 5 nitrogen and oxygen atoms in total. The van der Waals surface area contributed by atoms with Crippen LogP contribution < -0.4 is 10.3 Å². The average Bonchev–Trinajstić information content (AvgIpc) is 2.41. The maximum atomic E-state index is 5.62. The van der Waals surface area contributed by atoms with Crippen molar-refractivity contribution in [1.29, 1.82) is 0 Å². The monoisotopic (exact) mass is 210 g/mol. The van der Waals surface area contributed by atoms with Crippen LogP contribution in [0, 0.1) is 0 Å². The van der Waals surface area contributed by atoms with Crippen LogP contribution in [0.15, 0.2) is 11.4 Å². The number of rotatable bonds is 1. The van der Waals surface area contributed by atoms with Gasteiger partial charge in [0.05, 0.1) is 14.1 Å². The Morgan fingerprint density at radius 3 is 2.86 bits per heavy atom. The molecule has 0 aromatic carbocycles. The van der Waals surface area contributed by atoms with Crippen LogP contribution in [0.5, 0.6) is 0 Å². The molecular formula is C8H12N5S+. The zero-order chi connectivity index (χ0) is 10.3. The number of anilines is 1. The Labute approximate surface area is 86.0 Å². The van der Waals surface area contributed by atoms with Gasteiger partial charge in [-0.15, -0.1) is 11.8 Å². The van der Waals surface area contributed by atoms with Gasteiger partial charge in [-0.1, -0.05) is 4.98 Å². The summed E-state index contributed by atoms with van der Waals surface area (Å²) in [6, 6.07) is 0. The Hall–Kier alpha value is -1.30. The normalized spacial score (nSPS) is 11.1. The lowest BCUT2D eigenvalue weighted by atomic mass is 10.5. The van der Waals surface area contributed by atoms with E-state index in [1.54, 1.807) is 11.8 Å². The quantitative estimate of drug-likeness (QED) is 0.412. The van der Waals surface area contributed by atoms with Crippen molar-refractivity contribution < 1.29 is 4.57 Å². The van der Waals surface area contributed by atoms with Crippen molar-refractivity contribution in [3.05, 3.63) is 6.33 Å². The number of imidazole rings is 1. The second-order valence-corrected chi connectivity index (χ2v) is 3.90. The van der Waals surface area contributed by atoms with Gasteiger partial charge in [0, 0.05) is 0 Å². The molecule has 0 fully saturated rings. The summed E-state index contributed by atoms with van der Waals surface area (Å²) in [5, 5.41) is 0.913. The first-order valence-corrected chi connectivity index (χ1v) is 5.38. The summed E-state index contributed by atoms with van der Waals surface area (Å²) in [6.07, 6.45) is 3.94. The van der Waals surface area contributed by atoms with Crippen LogP contribution in [0.25, 0.3) is 11.2 Å². The zero-order valence-corrected chi connectivity index (χ0v) is 9.17. The second kappa shape index (κ2) is 3.13. The summed E-state index contributed by atoms with van der Waals surface area (Å²) in [6.45, 7) is 0. The molecule has 0 saturated heterocycles. The Bertz CT molecular complexity index is 490. The summed E-state index contributed by atoms with van der Waals surface area (Å²) in [5.74, 6) is 0.323. The molecular weight excluding hydrogens is 198 g/mol. The van der Waals surface area contributed by atoms with E-state index in [0.29, 0.717) is 5.95 Å². The number of fused-ring (bicyclic) bond motifs is 1. The second-order valence-electron chi connectivity index (χ2n) is 3.10. The standard InChI is InChI=1S/C8H12N5S/c1-12-4-13(2)6-5(12)7(14-3)11-8(9)10-6/h4H,1-3H3,(H2,9,10,11)/q+1. The minimum absolute atomic E-state index is 0.323. The van der Waals surface area contributed by atoms with Crippen molar-refractivity contribution in [3.63, 3.8) is 0 Å². The van der Waals surface area contributed by atoms with Crippen molar-refractivity contribution in [2.24, 2.45) is 14.1 Å². The molecule has 0 aliphatic carbocycles. The van der Waals surface area contributed by atoms with Crippen molar-refractivity contribution in [2.45, 2.75) is 5.03 Å². The lowest BCUT2D eigenvalue weighted by Crippen LogP contribution is -2.26. The summed E-state index contributed by atoms with van der Waals surface area (Å²) in [5.41, 5.74) is 7.51. The van der Waals surface area contributed by atoms with Crippen molar-refractivity contribution >= 4 is 28.9 Å². The molecule has 2 heterocycles. The number of nitrogen functional groups attached to an aromatic ring is 1. The molecule has 0 atom stereocenters. The van der Waals surface area contributed by atoms with Gasteiger partial charge >= 0.3 is 5.65 Å². The molecule has 2 N–H and O–H groups in total. The van der Waals surface area contributed by atoms with E-state index in [9.17, 15) is 0 Å². The summed E-state index contributed by atoms with van der Waals surface area (Å²) in [7, 11) is 3.92. The Morgan fingerprint density at radius 1 is 1.50 bits per heavy atom. The molecule has 0 bridgehead atoms. The molecule has 6 heteroatoms. The number of thioether (sulfide) groups is 1. The van der Waals surface area contributed by atoms with Crippen LogP contribution in [-0.2, 0) is 14.1 Å². The van der Waals surface area contributed by atoms with Crippen LogP contribution in [0.4, 0.5) is 5.95 Å². The van der Waals surface area contributed by atoms with Crippen molar-refractivity contribution in [2.75, 3.05) is 12.0 Å². The molecule has 0 aliphatic rings. The average molecular weight is 210 g/mol. The first-order valence-electron chi connectivity index (χ1n) is 4.15. The van der Waals surface area contributed by atoms with Crippen LogP contribution in [0.3, 0.4) is 0 Å². The van der Waals surface area contributed by atoms with E-state index in [2.05, 4.69) is 9.97 Å². The number of aromatic nitrogens is 4. The number of nitrogens with zero attached hydrogens (tertiary/aromatic N) is 4. The van der Waals surface area contributed by atoms with E-state index in [-0.39, 0.29) is 0 Å². The van der Waals surface area contributed by atoms with Crippen LogP contribution >= 0.6 is 11.8 Å². The minimum atomic E-state index is 0.323. The number of aryl methyl sites for hydroxylation is 2. The smallest absolute Gasteiger partial charge is 0.308 e. The van der Waals surface area contributed by atoms with Crippen LogP contribution in [0.1, 0.15) is 0 Å². The van der Waals surface area contributed by atoms with Crippen LogP contribution in [-0.4, -0.2) is 20.8 Å². The van der Waals surface area contributed by atoms with Crippen LogP contribution in [0.2, 0.25) is 0 Å². The molecule has 2 rings (SSSR count).